The Morgan fingerprint density at radius 2 is 1.48 bits per heavy atom. The Kier molecular flexibility index (Phi) is 8.01. The zero-order chi connectivity index (χ0) is 23.1. The third-order valence-corrected chi connectivity index (χ3v) is 8.21. The van der Waals surface area contributed by atoms with E-state index in [1.54, 1.807) is 16.4 Å². The summed E-state index contributed by atoms with van der Waals surface area (Å²) in [6.07, 6.45) is 4.91. The summed E-state index contributed by atoms with van der Waals surface area (Å²) in [5.41, 5.74) is 2.85. The standard InChI is InChI=1S/C25H33N3O4S/c29-25(26-22-8-10-23(11-9-22)27-17-19-32-20-18-27)14-7-21-5-12-24(13-6-21)33(30,31)28-15-3-1-2-4-16-28/h5-6,8-13H,1-4,7,14-20H2,(H,26,29). The van der Waals surface area contributed by atoms with E-state index in [9.17, 15) is 13.2 Å². The van der Waals surface area contributed by atoms with Crippen LogP contribution < -0.4 is 10.2 Å². The van der Waals surface area contributed by atoms with Crippen LogP contribution in [0.15, 0.2) is 53.4 Å². The van der Waals surface area contributed by atoms with Gasteiger partial charge >= 0.3 is 0 Å². The highest BCUT2D eigenvalue weighted by molar-refractivity contribution is 7.89. The summed E-state index contributed by atoms with van der Waals surface area (Å²) < 4.78 is 32.8. The molecule has 0 aliphatic carbocycles. The van der Waals surface area contributed by atoms with Crippen molar-refractivity contribution in [3.05, 3.63) is 54.1 Å². The van der Waals surface area contributed by atoms with Crippen LogP contribution in [0.3, 0.4) is 0 Å². The summed E-state index contributed by atoms with van der Waals surface area (Å²) in [6.45, 7) is 4.43. The van der Waals surface area contributed by atoms with Crippen molar-refractivity contribution in [2.24, 2.45) is 0 Å². The first-order valence-electron chi connectivity index (χ1n) is 11.8. The second kappa shape index (κ2) is 11.1. The molecule has 33 heavy (non-hydrogen) atoms. The average molecular weight is 472 g/mol. The van der Waals surface area contributed by atoms with Crippen LogP contribution in [0.4, 0.5) is 11.4 Å². The normalized spacial score (nSPS) is 18.0. The van der Waals surface area contributed by atoms with Gasteiger partial charge in [-0.05, 0) is 61.2 Å². The van der Waals surface area contributed by atoms with Crippen LogP contribution in [0.1, 0.15) is 37.7 Å². The molecule has 2 aliphatic rings. The zero-order valence-electron chi connectivity index (χ0n) is 19.0. The van der Waals surface area contributed by atoms with Gasteiger partial charge in [-0.1, -0.05) is 25.0 Å². The monoisotopic (exact) mass is 471 g/mol. The largest absolute Gasteiger partial charge is 0.378 e. The number of carbonyl (C=O) groups excluding carboxylic acids is 1. The van der Waals surface area contributed by atoms with Gasteiger partial charge in [0.15, 0.2) is 0 Å². The maximum atomic E-state index is 12.9. The topological polar surface area (TPSA) is 79.0 Å². The number of anilines is 2. The van der Waals surface area contributed by atoms with E-state index in [1.807, 2.05) is 36.4 Å². The SMILES string of the molecule is O=C(CCc1ccc(S(=O)(=O)N2CCCCCC2)cc1)Nc1ccc(N2CCOCC2)cc1. The maximum absolute atomic E-state index is 12.9. The third kappa shape index (κ3) is 6.34. The van der Waals surface area contributed by atoms with Crippen molar-refractivity contribution in [1.82, 2.24) is 4.31 Å². The van der Waals surface area contributed by atoms with Crippen molar-refractivity contribution in [1.29, 1.82) is 0 Å². The lowest BCUT2D eigenvalue weighted by Crippen LogP contribution is -2.36. The molecule has 2 fully saturated rings. The lowest BCUT2D eigenvalue weighted by atomic mass is 10.1. The van der Waals surface area contributed by atoms with Crippen molar-refractivity contribution >= 4 is 27.3 Å². The molecular weight excluding hydrogens is 438 g/mol. The first kappa shape index (κ1) is 23.7. The van der Waals surface area contributed by atoms with E-state index in [4.69, 9.17) is 4.74 Å². The van der Waals surface area contributed by atoms with Gasteiger partial charge in [0.05, 0.1) is 18.1 Å². The predicted octanol–water partition coefficient (Wildman–Crippen LogP) is 3.66. The molecule has 178 valence electrons. The number of amides is 1. The minimum atomic E-state index is -3.44. The van der Waals surface area contributed by atoms with E-state index in [2.05, 4.69) is 10.2 Å². The number of sulfonamides is 1. The van der Waals surface area contributed by atoms with Gasteiger partial charge in [0.2, 0.25) is 15.9 Å². The quantitative estimate of drug-likeness (QED) is 0.667. The lowest BCUT2D eigenvalue weighted by molar-refractivity contribution is -0.116. The molecule has 0 atom stereocenters. The fraction of sp³-hybridized carbons (Fsp3) is 0.480. The summed E-state index contributed by atoms with van der Waals surface area (Å²) in [6, 6.07) is 14.8. The van der Waals surface area contributed by atoms with Gasteiger partial charge < -0.3 is 15.0 Å². The first-order chi connectivity index (χ1) is 16.0. The third-order valence-electron chi connectivity index (χ3n) is 6.29. The molecule has 2 aromatic rings. The Labute approximate surface area is 196 Å². The molecule has 0 saturated carbocycles. The molecule has 2 aliphatic heterocycles. The fourth-order valence-electron chi connectivity index (χ4n) is 4.32. The van der Waals surface area contributed by atoms with Gasteiger partial charge in [-0.2, -0.15) is 4.31 Å². The minimum Gasteiger partial charge on any atom is -0.378 e. The molecule has 2 aromatic carbocycles. The van der Waals surface area contributed by atoms with Gasteiger partial charge in [-0.25, -0.2) is 8.42 Å². The van der Waals surface area contributed by atoms with Crippen LogP contribution in [0, 0.1) is 0 Å². The fourth-order valence-corrected chi connectivity index (χ4v) is 5.83. The highest BCUT2D eigenvalue weighted by atomic mass is 32.2. The van der Waals surface area contributed by atoms with Crippen molar-refractivity contribution < 1.29 is 17.9 Å². The second-order valence-corrected chi connectivity index (χ2v) is 10.6. The summed E-state index contributed by atoms with van der Waals surface area (Å²) in [4.78, 5) is 15.0. The van der Waals surface area contributed by atoms with E-state index < -0.39 is 10.0 Å². The molecular formula is C25H33N3O4S. The number of rotatable bonds is 7. The van der Waals surface area contributed by atoms with Crippen LogP contribution in [-0.4, -0.2) is 58.0 Å². The zero-order valence-corrected chi connectivity index (χ0v) is 19.9. The number of hydrogen-bond acceptors (Lipinski definition) is 5. The molecule has 1 amide bonds. The molecule has 2 heterocycles. The minimum absolute atomic E-state index is 0.0598. The first-order valence-corrected chi connectivity index (χ1v) is 13.3. The Hall–Kier alpha value is -2.42. The number of morpholine rings is 1. The average Bonchev–Trinajstić information content (AvgIpc) is 3.14. The van der Waals surface area contributed by atoms with E-state index in [0.29, 0.717) is 30.8 Å². The molecule has 0 bridgehead atoms. The van der Waals surface area contributed by atoms with Gasteiger partial charge in [0.1, 0.15) is 0 Å². The highest BCUT2D eigenvalue weighted by Crippen LogP contribution is 2.22. The van der Waals surface area contributed by atoms with Crippen molar-refractivity contribution in [3.63, 3.8) is 0 Å². The Bertz CT molecular complexity index is 1010. The van der Waals surface area contributed by atoms with E-state index in [-0.39, 0.29) is 5.91 Å². The molecule has 0 unspecified atom stereocenters. The number of carbonyl (C=O) groups is 1. The molecule has 0 radical (unpaired) electrons. The van der Waals surface area contributed by atoms with Crippen LogP contribution in [0.2, 0.25) is 0 Å². The molecule has 1 N–H and O–H groups in total. The number of nitrogens with zero attached hydrogens (tertiary/aromatic N) is 2. The van der Waals surface area contributed by atoms with Gasteiger partial charge in [0, 0.05) is 44.0 Å². The number of ether oxygens (including phenoxy) is 1. The van der Waals surface area contributed by atoms with Gasteiger partial charge in [-0.3, -0.25) is 4.79 Å². The second-order valence-electron chi connectivity index (χ2n) is 8.66. The van der Waals surface area contributed by atoms with Crippen molar-refractivity contribution in [3.8, 4) is 0 Å². The van der Waals surface area contributed by atoms with E-state index in [0.717, 1.165) is 68.9 Å². The highest BCUT2D eigenvalue weighted by Gasteiger charge is 2.24. The summed E-state index contributed by atoms with van der Waals surface area (Å²) in [7, 11) is -3.44. The summed E-state index contributed by atoms with van der Waals surface area (Å²) in [5.74, 6) is -0.0598. The van der Waals surface area contributed by atoms with Crippen LogP contribution in [0.25, 0.3) is 0 Å². The van der Waals surface area contributed by atoms with E-state index in [1.165, 1.54) is 0 Å². The molecule has 2 saturated heterocycles. The number of aryl methyl sites for hydroxylation is 1. The Morgan fingerprint density at radius 3 is 2.12 bits per heavy atom. The Balaban J connectivity index is 1.27. The van der Waals surface area contributed by atoms with Gasteiger partial charge in [0.25, 0.3) is 0 Å². The molecule has 0 aromatic heterocycles. The summed E-state index contributed by atoms with van der Waals surface area (Å²) >= 11 is 0. The number of nitrogens with one attached hydrogen (secondary N) is 1. The van der Waals surface area contributed by atoms with Crippen LogP contribution >= 0.6 is 0 Å². The predicted molar refractivity (Wildman–Crippen MR) is 130 cm³/mol. The number of hydrogen-bond donors (Lipinski definition) is 1. The maximum Gasteiger partial charge on any atom is 0.243 e. The van der Waals surface area contributed by atoms with Crippen LogP contribution in [0.5, 0.6) is 0 Å². The molecule has 7 nitrogen and oxygen atoms in total. The summed E-state index contributed by atoms with van der Waals surface area (Å²) in [5, 5.41) is 2.94. The van der Waals surface area contributed by atoms with Crippen molar-refractivity contribution in [2.45, 2.75) is 43.4 Å². The van der Waals surface area contributed by atoms with Crippen molar-refractivity contribution in [2.75, 3.05) is 49.6 Å². The van der Waals surface area contributed by atoms with Crippen LogP contribution in [-0.2, 0) is 26.0 Å². The van der Waals surface area contributed by atoms with E-state index >= 15 is 0 Å². The Morgan fingerprint density at radius 1 is 0.848 bits per heavy atom. The molecule has 8 heteroatoms. The lowest BCUT2D eigenvalue weighted by Gasteiger charge is -2.28. The molecule has 4 rings (SSSR count). The molecule has 0 spiro atoms. The smallest absolute Gasteiger partial charge is 0.243 e. The number of benzene rings is 2. The van der Waals surface area contributed by atoms with Gasteiger partial charge in [-0.15, -0.1) is 0 Å².